The summed E-state index contributed by atoms with van der Waals surface area (Å²) in [6.07, 6.45) is -0.725. The highest BCUT2D eigenvalue weighted by Gasteiger charge is 2.46. The van der Waals surface area contributed by atoms with Crippen LogP contribution in [0.15, 0.2) is 24.3 Å². The number of likely N-dealkylation sites (tertiary alicyclic amines) is 1. The summed E-state index contributed by atoms with van der Waals surface area (Å²) in [6, 6.07) is 1.90. The van der Waals surface area contributed by atoms with Gasteiger partial charge in [0, 0.05) is 40.5 Å². The Bertz CT molecular complexity index is 1390. The molecule has 4 amide bonds. The van der Waals surface area contributed by atoms with Gasteiger partial charge in [0.25, 0.3) is 0 Å². The molecule has 1 fully saturated rings. The van der Waals surface area contributed by atoms with E-state index in [2.05, 4.69) is 16.0 Å². The van der Waals surface area contributed by atoms with Crippen LogP contribution in [0.1, 0.15) is 85.0 Å². The van der Waals surface area contributed by atoms with E-state index in [0.29, 0.717) is 12.8 Å². The standard InChI is InChI=1S/C40H66FN5O8/c1-14-24(6)35(45(10)40(51)34(23(4)5)44-39(50)33(42-9)22(2)3)31(53-12)20-32(47)46-21-29(52-11)19-30(46)37(54-13)25(7)38(49)43-26(8)36(48)27-15-17-28(41)18-16-27/h15-18,22-26,29-31,33-35,37,42H,14,19-21H2,1-13H3,(H,43,49)(H,44,50)/t24-,25+,26+,29+,30+,31+,33-,34-,35-,37+/m0/s1. The van der Waals surface area contributed by atoms with Crippen molar-refractivity contribution in [2.24, 2.45) is 23.7 Å². The quantitative estimate of drug-likeness (QED) is 0.160. The van der Waals surface area contributed by atoms with Crippen molar-refractivity contribution >= 4 is 29.4 Å². The molecule has 0 saturated carbocycles. The Morgan fingerprint density at radius 1 is 0.889 bits per heavy atom. The van der Waals surface area contributed by atoms with E-state index in [0.717, 1.165) is 0 Å². The Labute approximate surface area is 321 Å². The number of carbonyl (C=O) groups excluding carboxylic acids is 5. The van der Waals surface area contributed by atoms with Gasteiger partial charge in [0.05, 0.1) is 54.8 Å². The average molecular weight is 764 g/mol. The maximum atomic E-state index is 14.3. The Morgan fingerprint density at radius 2 is 1.48 bits per heavy atom. The number of benzene rings is 1. The Hall–Kier alpha value is -3.46. The van der Waals surface area contributed by atoms with Gasteiger partial charge < -0.3 is 40.0 Å². The van der Waals surface area contributed by atoms with Crippen molar-refractivity contribution < 1.29 is 42.6 Å². The third kappa shape index (κ3) is 11.8. The number of nitrogens with zero attached hydrogens (tertiary/aromatic N) is 2. The zero-order valence-corrected chi connectivity index (χ0v) is 34.6. The van der Waals surface area contributed by atoms with Crippen molar-refractivity contribution in [1.29, 1.82) is 0 Å². The molecule has 1 heterocycles. The molecular weight excluding hydrogens is 697 g/mol. The molecule has 0 aliphatic carbocycles. The molecule has 0 aromatic heterocycles. The molecule has 0 bridgehead atoms. The van der Waals surface area contributed by atoms with Crippen LogP contribution in [0.3, 0.4) is 0 Å². The highest BCUT2D eigenvalue weighted by atomic mass is 19.1. The number of carbonyl (C=O) groups is 5. The van der Waals surface area contributed by atoms with Crippen LogP contribution in [0, 0.1) is 29.5 Å². The molecule has 13 nitrogen and oxygen atoms in total. The lowest BCUT2D eigenvalue weighted by molar-refractivity contribution is -0.148. The maximum absolute atomic E-state index is 14.3. The zero-order valence-electron chi connectivity index (χ0n) is 34.6. The second-order valence-electron chi connectivity index (χ2n) is 15.3. The minimum absolute atomic E-state index is 0.00941. The first kappa shape index (κ1) is 46.7. The van der Waals surface area contributed by atoms with Gasteiger partial charge in [-0.25, -0.2) is 4.39 Å². The smallest absolute Gasteiger partial charge is 0.245 e. The number of hydrogen-bond acceptors (Lipinski definition) is 9. The number of methoxy groups -OCH3 is 3. The van der Waals surface area contributed by atoms with Gasteiger partial charge in [-0.2, -0.15) is 0 Å². The normalized spacial score (nSPS) is 20.4. The summed E-state index contributed by atoms with van der Waals surface area (Å²) < 4.78 is 31.0. The Morgan fingerprint density at radius 3 is 1.96 bits per heavy atom. The fourth-order valence-corrected chi connectivity index (χ4v) is 7.48. The lowest BCUT2D eigenvalue weighted by Gasteiger charge is -2.41. The topological polar surface area (TPSA) is 156 Å². The first-order valence-corrected chi connectivity index (χ1v) is 19.1. The van der Waals surface area contributed by atoms with E-state index in [1.807, 2.05) is 41.5 Å². The van der Waals surface area contributed by atoms with Gasteiger partial charge in [0.15, 0.2) is 5.78 Å². The van der Waals surface area contributed by atoms with E-state index in [9.17, 15) is 28.4 Å². The minimum atomic E-state index is -0.890. The number of amides is 4. The molecule has 0 unspecified atom stereocenters. The average Bonchev–Trinajstić information content (AvgIpc) is 3.57. The summed E-state index contributed by atoms with van der Waals surface area (Å²) in [5, 5.41) is 8.76. The zero-order chi connectivity index (χ0) is 41.0. The number of ketones is 1. The highest BCUT2D eigenvalue weighted by Crippen LogP contribution is 2.31. The predicted octanol–water partition coefficient (Wildman–Crippen LogP) is 3.44. The van der Waals surface area contributed by atoms with Crippen LogP contribution in [0.25, 0.3) is 0 Å². The van der Waals surface area contributed by atoms with Crippen LogP contribution < -0.4 is 16.0 Å². The van der Waals surface area contributed by atoms with Crippen LogP contribution in [0.4, 0.5) is 4.39 Å². The van der Waals surface area contributed by atoms with E-state index in [1.165, 1.54) is 38.5 Å². The second kappa shape index (κ2) is 21.6. The molecule has 306 valence electrons. The monoisotopic (exact) mass is 763 g/mol. The van der Waals surface area contributed by atoms with E-state index in [-0.39, 0.29) is 65.9 Å². The minimum Gasteiger partial charge on any atom is -0.380 e. The number of Topliss-reactive ketones (excluding diaryl/α,β-unsaturated/α-hetero) is 1. The molecular formula is C40H66FN5O8. The first-order chi connectivity index (χ1) is 25.4. The van der Waals surface area contributed by atoms with Crippen molar-refractivity contribution in [3.63, 3.8) is 0 Å². The van der Waals surface area contributed by atoms with Gasteiger partial charge in [-0.05, 0) is 62.4 Å². The van der Waals surface area contributed by atoms with Crippen LogP contribution in [-0.2, 0) is 33.4 Å². The largest absolute Gasteiger partial charge is 0.380 e. The third-order valence-electron chi connectivity index (χ3n) is 11.0. The summed E-state index contributed by atoms with van der Waals surface area (Å²) in [6.45, 7) is 15.2. The number of likely N-dealkylation sites (N-methyl/N-ethyl adjacent to an activating group) is 2. The molecule has 0 spiro atoms. The Kier molecular flexibility index (Phi) is 18.7. The van der Waals surface area contributed by atoms with Crippen LogP contribution in [0.2, 0.25) is 0 Å². The number of ether oxygens (including phenoxy) is 3. The lowest BCUT2D eigenvalue weighted by atomic mass is 9.89. The molecule has 3 N–H and O–H groups in total. The third-order valence-corrected chi connectivity index (χ3v) is 11.0. The van der Waals surface area contributed by atoms with Gasteiger partial charge >= 0.3 is 0 Å². The molecule has 1 aromatic rings. The molecule has 14 heteroatoms. The first-order valence-electron chi connectivity index (χ1n) is 19.1. The van der Waals surface area contributed by atoms with Crippen molar-refractivity contribution in [2.45, 2.75) is 123 Å². The van der Waals surface area contributed by atoms with Gasteiger partial charge in [-0.3, -0.25) is 24.0 Å². The molecule has 10 atom stereocenters. The fourth-order valence-electron chi connectivity index (χ4n) is 7.48. The molecule has 1 aliphatic rings. The van der Waals surface area contributed by atoms with Crippen molar-refractivity contribution in [3.8, 4) is 0 Å². The maximum Gasteiger partial charge on any atom is 0.245 e. The predicted molar refractivity (Wildman–Crippen MR) is 205 cm³/mol. The van der Waals surface area contributed by atoms with E-state index < -0.39 is 60.1 Å². The van der Waals surface area contributed by atoms with Crippen molar-refractivity contribution in [2.75, 3.05) is 42.0 Å². The summed E-state index contributed by atoms with van der Waals surface area (Å²) in [5.41, 5.74) is 0.268. The molecule has 1 aromatic carbocycles. The number of halogens is 1. The van der Waals surface area contributed by atoms with E-state index >= 15 is 0 Å². The second-order valence-corrected chi connectivity index (χ2v) is 15.3. The van der Waals surface area contributed by atoms with Gasteiger partial charge in [0.2, 0.25) is 23.6 Å². The van der Waals surface area contributed by atoms with Gasteiger partial charge in [-0.1, -0.05) is 54.9 Å². The van der Waals surface area contributed by atoms with E-state index in [4.69, 9.17) is 14.2 Å². The molecule has 54 heavy (non-hydrogen) atoms. The molecule has 1 aliphatic heterocycles. The van der Waals surface area contributed by atoms with Crippen molar-refractivity contribution in [1.82, 2.24) is 25.8 Å². The van der Waals surface area contributed by atoms with Gasteiger partial charge in [0.1, 0.15) is 11.9 Å². The van der Waals surface area contributed by atoms with Crippen LogP contribution in [-0.4, -0.2) is 130 Å². The summed E-state index contributed by atoms with van der Waals surface area (Å²) in [4.78, 5) is 71.5. The fraction of sp³-hybridized carbons (Fsp3) is 0.725. The lowest BCUT2D eigenvalue weighted by Crippen LogP contribution is -2.59. The van der Waals surface area contributed by atoms with E-state index in [1.54, 1.807) is 44.9 Å². The Balaban J connectivity index is 2.32. The number of hydrogen-bond donors (Lipinski definition) is 3. The molecule has 0 radical (unpaired) electrons. The van der Waals surface area contributed by atoms with Gasteiger partial charge in [-0.15, -0.1) is 0 Å². The summed E-state index contributed by atoms with van der Waals surface area (Å²) in [7, 11) is 7.97. The van der Waals surface area contributed by atoms with Crippen LogP contribution in [0.5, 0.6) is 0 Å². The molecule has 1 saturated heterocycles. The number of rotatable bonds is 21. The molecule has 2 rings (SSSR count). The summed E-state index contributed by atoms with van der Waals surface area (Å²) >= 11 is 0. The van der Waals surface area contributed by atoms with Crippen LogP contribution >= 0.6 is 0 Å². The SMILES string of the molecule is CC[C@H](C)[C@@H]([C@@H](CC(=O)N1C[C@H](OC)C[C@@H]1[C@H](OC)[C@@H](C)C(=O)N[C@H](C)C(=O)c1ccc(F)cc1)OC)N(C)C(=O)[C@@H](NC(=O)[C@@H](NC)C(C)C)C(C)C. The highest BCUT2D eigenvalue weighted by molar-refractivity contribution is 6.01. The summed E-state index contributed by atoms with van der Waals surface area (Å²) in [5.74, 6) is -3.11. The number of nitrogens with one attached hydrogen (secondary N) is 3. The van der Waals surface area contributed by atoms with Crippen molar-refractivity contribution in [3.05, 3.63) is 35.6 Å².